The van der Waals surface area contributed by atoms with Crippen molar-refractivity contribution in [2.24, 2.45) is 7.05 Å². The topological polar surface area (TPSA) is 72.7 Å². The smallest absolute Gasteiger partial charge is 0.256 e. The van der Waals surface area contributed by atoms with Crippen LogP contribution in [0.5, 0.6) is 0 Å². The minimum Gasteiger partial charge on any atom is -0.331 e. The van der Waals surface area contributed by atoms with Crippen LogP contribution in [0.4, 0.5) is 5.82 Å². The van der Waals surface area contributed by atoms with E-state index in [9.17, 15) is 4.79 Å². The van der Waals surface area contributed by atoms with Gasteiger partial charge in [0.15, 0.2) is 0 Å². The maximum atomic E-state index is 12.6. The van der Waals surface area contributed by atoms with Crippen molar-refractivity contribution in [3.05, 3.63) is 71.9 Å². The number of carbonyl (C=O) groups is 1. The molecule has 0 aliphatic carbocycles. The Kier molecular flexibility index (Phi) is 4.98. The Morgan fingerprint density at radius 1 is 1.00 bits per heavy atom. The first-order valence-electron chi connectivity index (χ1n) is 9.25. The molecule has 1 aromatic carbocycles. The third-order valence-corrected chi connectivity index (χ3v) is 4.97. The summed E-state index contributed by atoms with van der Waals surface area (Å²) in [5.41, 5.74) is 3.57. The number of aryl methyl sites for hydroxylation is 1. The molecule has 0 unspecified atom stereocenters. The van der Waals surface area contributed by atoms with Crippen LogP contribution in [0.1, 0.15) is 21.7 Å². The number of aromatic nitrogens is 4. The molecule has 0 aliphatic rings. The lowest BCUT2D eigenvalue weighted by Gasteiger charge is -2.20. The molecular weight excluding hydrogens is 371 g/mol. The molecule has 0 saturated heterocycles. The van der Waals surface area contributed by atoms with Gasteiger partial charge in [-0.3, -0.25) is 9.78 Å². The minimum atomic E-state index is -1.45. The summed E-state index contributed by atoms with van der Waals surface area (Å²) in [5, 5.41) is 2.19. The number of pyridine rings is 2. The highest BCUT2D eigenvalue weighted by atomic mass is 16.1. The fourth-order valence-corrected chi connectivity index (χ4v) is 3.11. The molecule has 0 bridgehead atoms. The quantitative estimate of drug-likeness (QED) is 0.546. The Morgan fingerprint density at radius 2 is 1.73 bits per heavy atom. The molecule has 30 heavy (non-hydrogen) atoms. The van der Waals surface area contributed by atoms with Crippen LogP contribution in [0.15, 0.2) is 55.0 Å². The number of benzene rings is 1. The van der Waals surface area contributed by atoms with Crippen LogP contribution in [0.3, 0.4) is 0 Å². The second-order valence-electron chi connectivity index (χ2n) is 7.20. The van der Waals surface area contributed by atoms with Gasteiger partial charge in [-0.05, 0) is 31.2 Å². The number of hydrogen-bond donors (Lipinski definition) is 1. The monoisotopic (exact) mass is 387 g/mol. The van der Waals surface area contributed by atoms with Gasteiger partial charge in [-0.15, -0.1) is 5.11 Å². The van der Waals surface area contributed by atoms with E-state index < -0.39 is 5.11 Å². The van der Waals surface area contributed by atoms with Crippen molar-refractivity contribution >= 4 is 46.2 Å². The van der Waals surface area contributed by atoms with Crippen LogP contribution in [0, 0.1) is 6.92 Å². The number of fused-ring (bicyclic) bond motifs is 1. The number of carbonyl (C=O) groups excluding carboxylic acids is 1. The molecule has 3 aromatic heterocycles. The van der Waals surface area contributed by atoms with Gasteiger partial charge in [0, 0.05) is 29.8 Å². The van der Waals surface area contributed by atoms with Gasteiger partial charge in [-0.2, -0.15) is 0 Å². The number of nitrogens with zero attached hydrogens (tertiary/aromatic N) is 4. The van der Waals surface area contributed by atoms with Gasteiger partial charge < -0.3 is 9.88 Å². The third-order valence-electron chi connectivity index (χ3n) is 4.97. The Bertz CT molecular complexity index is 1250. The van der Waals surface area contributed by atoms with Gasteiger partial charge in [-0.25, -0.2) is 9.97 Å². The van der Waals surface area contributed by atoms with Crippen molar-refractivity contribution in [3.63, 3.8) is 0 Å². The maximum absolute atomic E-state index is 12.6. The van der Waals surface area contributed by atoms with Crippen molar-refractivity contribution in [1.29, 1.82) is 0 Å². The molecule has 3 heterocycles. The molecule has 9 heteroatoms. The molecule has 4 aromatic rings. The van der Waals surface area contributed by atoms with E-state index in [4.69, 9.17) is 23.5 Å². The van der Waals surface area contributed by atoms with E-state index in [-0.39, 0.29) is 5.91 Å². The average Bonchev–Trinajstić information content (AvgIpc) is 3.05. The Morgan fingerprint density at radius 3 is 2.37 bits per heavy atom. The number of nitrogens with one attached hydrogen (secondary N) is 1. The fraction of sp³-hybridized carbons (Fsp3) is 0.143. The summed E-state index contributed by atoms with van der Waals surface area (Å²) in [7, 11) is 18.9. The molecule has 0 atom stereocenters. The van der Waals surface area contributed by atoms with Crippen molar-refractivity contribution < 1.29 is 4.79 Å². The Balaban J connectivity index is 1.60. The molecule has 0 spiro atoms. The summed E-state index contributed by atoms with van der Waals surface area (Å²) in [5.74, 6) is 1.02. The van der Waals surface area contributed by atoms with Gasteiger partial charge in [-0.1, -0.05) is 17.7 Å². The van der Waals surface area contributed by atoms with E-state index in [1.54, 1.807) is 42.7 Å². The third kappa shape index (κ3) is 3.88. The van der Waals surface area contributed by atoms with Gasteiger partial charge in [0.05, 0.1) is 47.1 Å². The lowest BCUT2D eigenvalue weighted by molar-refractivity contribution is 0.102. The second kappa shape index (κ2) is 7.48. The highest BCUT2D eigenvalue weighted by Crippen LogP contribution is 2.24. The standard InChI is InChI=1S/C21H16B3N5O/c1-12-25-11-18(29(12)2)15-7-14-8-19(27-10-17(14)26-9-15)28-20(30)13-3-5-16(6-4-13)21(22,23)24/h3-11H,1-2H3,(H,27,28,30). The van der Waals surface area contributed by atoms with Crippen molar-refractivity contribution in [2.45, 2.75) is 12.0 Å². The van der Waals surface area contributed by atoms with Gasteiger partial charge in [0.2, 0.25) is 0 Å². The molecule has 0 fully saturated rings. The van der Waals surface area contributed by atoms with Crippen LogP contribution in [-0.4, -0.2) is 49.0 Å². The summed E-state index contributed by atoms with van der Waals surface area (Å²) in [6.45, 7) is 1.94. The van der Waals surface area contributed by atoms with Crippen molar-refractivity contribution in [2.75, 3.05) is 5.32 Å². The van der Waals surface area contributed by atoms with E-state index in [1.807, 2.05) is 30.8 Å². The van der Waals surface area contributed by atoms with E-state index >= 15 is 0 Å². The van der Waals surface area contributed by atoms with Crippen LogP contribution >= 0.6 is 0 Å². The Labute approximate surface area is 178 Å². The predicted octanol–water partition coefficient (Wildman–Crippen LogP) is 2.21. The predicted molar refractivity (Wildman–Crippen MR) is 120 cm³/mol. The summed E-state index contributed by atoms with van der Waals surface area (Å²) >= 11 is 0. The molecule has 6 radical (unpaired) electrons. The second-order valence-corrected chi connectivity index (χ2v) is 7.20. The SMILES string of the molecule is [B]C([B])([B])c1ccc(C(=O)Nc2cc3cc(-c4cnc(C)n4C)cnc3cn2)cc1. The summed E-state index contributed by atoms with van der Waals surface area (Å²) in [6, 6.07) is 10.2. The van der Waals surface area contributed by atoms with Crippen molar-refractivity contribution in [3.8, 4) is 11.3 Å². The van der Waals surface area contributed by atoms with Crippen LogP contribution in [0.2, 0.25) is 0 Å². The van der Waals surface area contributed by atoms with Gasteiger partial charge in [0.1, 0.15) is 11.6 Å². The summed E-state index contributed by atoms with van der Waals surface area (Å²) in [4.78, 5) is 25.7. The van der Waals surface area contributed by atoms with Crippen LogP contribution in [-0.2, 0) is 12.2 Å². The number of amides is 1. The molecule has 6 nitrogen and oxygen atoms in total. The number of hydrogen-bond acceptors (Lipinski definition) is 4. The Hall–Kier alpha value is -3.35. The van der Waals surface area contributed by atoms with E-state index in [0.717, 1.165) is 28.0 Å². The van der Waals surface area contributed by atoms with Crippen LogP contribution < -0.4 is 5.32 Å². The first-order chi connectivity index (χ1) is 14.2. The zero-order chi connectivity index (χ0) is 21.5. The molecule has 4 rings (SSSR count). The van der Waals surface area contributed by atoms with E-state index in [0.29, 0.717) is 16.9 Å². The zero-order valence-electron chi connectivity index (χ0n) is 16.6. The normalized spacial score (nSPS) is 11.5. The molecule has 1 N–H and O–H groups in total. The van der Waals surface area contributed by atoms with E-state index in [1.165, 1.54) is 0 Å². The molecule has 0 saturated carbocycles. The molecule has 0 aliphatic heterocycles. The minimum absolute atomic E-state index is 0.309. The summed E-state index contributed by atoms with van der Waals surface area (Å²) in [6.07, 6.45) is 5.22. The van der Waals surface area contributed by atoms with Crippen LogP contribution in [0.25, 0.3) is 22.2 Å². The number of imidazole rings is 1. The molecule has 140 valence electrons. The number of rotatable bonds is 4. The maximum Gasteiger partial charge on any atom is 0.256 e. The van der Waals surface area contributed by atoms with E-state index in [2.05, 4.69) is 20.3 Å². The molecule has 1 amide bonds. The first-order valence-corrected chi connectivity index (χ1v) is 9.25. The lowest BCUT2D eigenvalue weighted by atomic mass is 9.40. The summed E-state index contributed by atoms with van der Waals surface area (Å²) < 4.78 is 2.00. The largest absolute Gasteiger partial charge is 0.331 e. The highest BCUT2D eigenvalue weighted by Gasteiger charge is 2.14. The fourth-order valence-electron chi connectivity index (χ4n) is 3.11. The lowest BCUT2D eigenvalue weighted by Crippen LogP contribution is -2.27. The average molecular weight is 387 g/mol. The highest BCUT2D eigenvalue weighted by molar-refractivity contribution is 6.58. The van der Waals surface area contributed by atoms with Gasteiger partial charge in [0.25, 0.3) is 5.91 Å². The number of anilines is 1. The van der Waals surface area contributed by atoms with Gasteiger partial charge >= 0.3 is 0 Å². The van der Waals surface area contributed by atoms with Crippen molar-refractivity contribution in [1.82, 2.24) is 19.5 Å². The first kappa shape index (κ1) is 19.9. The molecular formula is C21H16B3N5O. The zero-order valence-corrected chi connectivity index (χ0v) is 16.6.